The average molecular weight is 392 g/mol. The maximum Gasteiger partial charge on any atom is 0.270 e. The zero-order valence-electron chi connectivity index (χ0n) is 13.8. The molecule has 0 bridgehead atoms. The van der Waals surface area contributed by atoms with Gasteiger partial charge in [-0.1, -0.05) is 34.4 Å². The fourth-order valence-electron chi connectivity index (χ4n) is 2.21. The number of anilines is 2. The van der Waals surface area contributed by atoms with Crippen molar-refractivity contribution in [3.8, 4) is 0 Å². The van der Waals surface area contributed by atoms with E-state index in [0.717, 1.165) is 5.56 Å². The predicted molar refractivity (Wildman–Crippen MR) is 99.1 cm³/mol. The Hall–Kier alpha value is -2.64. The molecule has 9 heteroatoms. The van der Waals surface area contributed by atoms with Crippen molar-refractivity contribution in [3.63, 3.8) is 0 Å². The molecule has 3 aromatic rings. The number of nitrogens with zero attached hydrogens (tertiary/aromatic N) is 3. The second-order valence-corrected chi connectivity index (χ2v) is 6.30. The standard InChI is InChI=1S/C17H15Cl2N5O2/c1-10-8-15(24-26-10)23-17-21-7-5-14(22-17)16(25)20-6-4-11-2-3-12(18)9-13(11)19/h2-3,5,7-9H,4,6H2,1H3,(H,20,25)(H,21,22,23,24). The molecule has 7 nitrogen and oxygen atoms in total. The molecule has 1 amide bonds. The highest BCUT2D eigenvalue weighted by atomic mass is 35.5. The molecule has 0 spiro atoms. The molecule has 0 saturated carbocycles. The van der Waals surface area contributed by atoms with Crippen molar-refractivity contribution in [2.75, 3.05) is 11.9 Å². The molecule has 0 aliphatic rings. The summed E-state index contributed by atoms with van der Waals surface area (Å²) in [5.74, 6) is 1.07. The first kappa shape index (κ1) is 18.2. The minimum absolute atomic E-state index is 0.241. The van der Waals surface area contributed by atoms with Crippen LogP contribution in [0.3, 0.4) is 0 Å². The number of halogens is 2. The summed E-state index contributed by atoms with van der Waals surface area (Å²) in [4.78, 5) is 20.5. The number of amides is 1. The summed E-state index contributed by atoms with van der Waals surface area (Å²) in [5.41, 5.74) is 1.15. The van der Waals surface area contributed by atoms with Crippen LogP contribution in [0.15, 0.2) is 41.1 Å². The number of rotatable bonds is 6. The van der Waals surface area contributed by atoms with Gasteiger partial charge in [0, 0.05) is 28.9 Å². The van der Waals surface area contributed by atoms with E-state index in [-0.39, 0.29) is 17.5 Å². The van der Waals surface area contributed by atoms with Gasteiger partial charge in [0.25, 0.3) is 5.91 Å². The number of hydrogen-bond donors (Lipinski definition) is 2. The van der Waals surface area contributed by atoms with Gasteiger partial charge >= 0.3 is 0 Å². The zero-order chi connectivity index (χ0) is 18.5. The van der Waals surface area contributed by atoms with E-state index >= 15 is 0 Å². The molecule has 1 aromatic carbocycles. The van der Waals surface area contributed by atoms with Crippen LogP contribution in [0.1, 0.15) is 21.8 Å². The van der Waals surface area contributed by atoms with Crippen LogP contribution in [0.5, 0.6) is 0 Å². The van der Waals surface area contributed by atoms with E-state index in [4.69, 9.17) is 27.7 Å². The van der Waals surface area contributed by atoms with Crippen molar-refractivity contribution in [2.45, 2.75) is 13.3 Å². The summed E-state index contributed by atoms with van der Waals surface area (Å²) >= 11 is 12.0. The SMILES string of the molecule is Cc1cc(Nc2nccc(C(=O)NCCc3ccc(Cl)cc3Cl)n2)no1. The van der Waals surface area contributed by atoms with Crippen LogP contribution in [-0.4, -0.2) is 27.6 Å². The maximum absolute atomic E-state index is 12.3. The van der Waals surface area contributed by atoms with Gasteiger partial charge in [-0.25, -0.2) is 9.97 Å². The molecule has 0 aliphatic carbocycles. The largest absolute Gasteiger partial charge is 0.360 e. The van der Waals surface area contributed by atoms with E-state index in [1.54, 1.807) is 25.1 Å². The normalized spacial score (nSPS) is 10.6. The lowest BCUT2D eigenvalue weighted by Gasteiger charge is -2.07. The molecule has 0 saturated heterocycles. The van der Waals surface area contributed by atoms with Gasteiger partial charge in [0.2, 0.25) is 5.95 Å². The van der Waals surface area contributed by atoms with E-state index in [1.165, 1.54) is 12.3 Å². The minimum atomic E-state index is -0.308. The van der Waals surface area contributed by atoms with Crippen molar-refractivity contribution in [1.82, 2.24) is 20.4 Å². The lowest BCUT2D eigenvalue weighted by molar-refractivity contribution is 0.0949. The summed E-state index contributed by atoms with van der Waals surface area (Å²) in [5, 5.41) is 10.6. The topological polar surface area (TPSA) is 92.9 Å². The molecule has 2 heterocycles. The first-order valence-electron chi connectivity index (χ1n) is 7.77. The number of nitrogens with one attached hydrogen (secondary N) is 2. The first-order chi connectivity index (χ1) is 12.5. The molecule has 0 aliphatic heterocycles. The molecule has 0 radical (unpaired) electrons. The number of benzene rings is 1. The van der Waals surface area contributed by atoms with Crippen LogP contribution in [0.4, 0.5) is 11.8 Å². The van der Waals surface area contributed by atoms with Gasteiger partial charge in [-0.05, 0) is 37.1 Å². The Labute approximate surface area is 159 Å². The van der Waals surface area contributed by atoms with E-state index in [2.05, 4.69) is 25.8 Å². The molecule has 26 heavy (non-hydrogen) atoms. The zero-order valence-corrected chi connectivity index (χ0v) is 15.3. The fraction of sp³-hybridized carbons (Fsp3) is 0.176. The summed E-state index contributed by atoms with van der Waals surface area (Å²) in [6.07, 6.45) is 2.07. The summed E-state index contributed by atoms with van der Waals surface area (Å²) in [6, 6.07) is 8.51. The second-order valence-electron chi connectivity index (χ2n) is 5.45. The Bertz CT molecular complexity index is 929. The van der Waals surface area contributed by atoms with E-state index in [1.807, 2.05) is 6.07 Å². The summed E-state index contributed by atoms with van der Waals surface area (Å²) < 4.78 is 4.96. The highest BCUT2D eigenvalue weighted by Crippen LogP contribution is 2.21. The average Bonchev–Trinajstić information content (AvgIpc) is 3.02. The van der Waals surface area contributed by atoms with E-state index in [0.29, 0.717) is 34.6 Å². The van der Waals surface area contributed by atoms with Gasteiger partial charge in [-0.15, -0.1) is 0 Å². The van der Waals surface area contributed by atoms with Crippen LogP contribution >= 0.6 is 23.2 Å². The fourth-order valence-corrected chi connectivity index (χ4v) is 2.71. The number of carbonyl (C=O) groups excluding carboxylic acids is 1. The Balaban J connectivity index is 1.58. The van der Waals surface area contributed by atoms with Crippen molar-refractivity contribution in [3.05, 3.63) is 63.6 Å². The molecular formula is C17H15Cl2N5O2. The number of carbonyl (C=O) groups is 1. The third kappa shape index (κ3) is 4.71. The molecule has 0 atom stereocenters. The summed E-state index contributed by atoms with van der Waals surface area (Å²) in [7, 11) is 0. The molecular weight excluding hydrogens is 377 g/mol. The first-order valence-corrected chi connectivity index (χ1v) is 8.52. The van der Waals surface area contributed by atoms with Gasteiger partial charge < -0.3 is 15.2 Å². The smallest absolute Gasteiger partial charge is 0.270 e. The van der Waals surface area contributed by atoms with Crippen molar-refractivity contribution in [1.29, 1.82) is 0 Å². The highest BCUT2D eigenvalue weighted by molar-refractivity contribution is 6.35. The van der Waals surface area contributed by atoms with E-state index in [9.17, 15) is 4.79 Å². The Kier molecular flexibility index (Phi) is 5.70. The monoisotopic (exact) mass is 391 g/mol. The third-order valence-corrected chi connectivity index (χ3v) is 4.04. The van der Waals surface area contributed by atoms with E-state index < -0.39 is 0 Å². The molecule has 2 aromatic heterocycles. The van der Waals surface area contributed by atoms with Gasteiger partial charge in [-0.3, -0.25) is 4.79 Å². The van der Waals surface area contributed by atoms with Crippen LogP contribution in [0.2, 0.25) is 10.0 Å². The molecule has 134 valence electrons. The third-order valence-electron chi connectivity index (χ3n) is 3.45. The number of aromatic nitrogens is 3. The molecule has 2 N–H and O–H groups in total. The quantitative estimate of drug-likeness (QED) is 0.663. The Morgan fingerprint density at radius 1 is 1.23 bits per heavy atom. The van der Waals surface area contributed by atoms with Crippen LogP contribution in [0, 0.1) is 6.92 Å². The van der Waals surface area contributed by atoms with Crippen LogP contribution < -0.4 is 10.6 Å². The van der Waals surface area contributed by atoms with Gasteiger partial charge in [-0.2, -0.15) is 0 Å². The second kappa shape index (κ2) is 8.16. The summed E-state index contributed by atoms with van der Waals surface area (Å²) in [6.45, 7) is 2.19. The van der Waals surface area contributed by atoms with Crippen LogP contribution in [0.25, 0.3) is 0 Å². The van der Waals surface area contributed by atoms with Crippen LogP contribution in [-0.2, 0) is 6.42 Å². The van der Waals surface area contributed by atoms with Gasteiger partial charge in [0.05, 0.1) is 0 Å². The lowest BCUT2D eigenvalue weighted by atomic mass is 10.1. The molecule has 0 unspecified atom stereocenters. The van der Waals surface area contributed by atoms with Gasteiger partial charge in [0.1, 0.15) is 11.5 Å². The van der Waals surface area contributed by atoms with Crippen molar-refractivity contribution >= 4 is 40.9 Å². The Morgan fingerprint density at radius 3 is 2.81 bits per heavy atom. The van der Waals surface area contributed by atoms with Crippen molar-refractivity contribution in [2.24, 2.45) is 0 Å². The highest BCUT2D eigenvalue weighted by Gasteiger charge is 2.10. The lowest BCUT2D eigenvalue weighted by Crippen LogP contribution is -2.26. The predicted octanol–water partition coefficient (Wildman–Crippen LogP) is 3.80. The number of aryl methyl sites for hydroxylation is 1. The van der Waals surface area contributed by atoms with Gasteiger partial charge in [0.15, 0.2) is 5.82 Å². The molecule has 0 fully saturated rings. The number of hydrogen-bond acceptors (Lipinski definition) is 6. The molecule has 3 rings (SSSR count). The van der Waals surface area contributed by atoms with Crippen molar-refractivity contribution < 1.29 is 9.32 Å². The maximum atomic E-state index is 12.3. The Morgan fingerprint density at radius 2 is 2.08 bits per heavy atom. The minimum Gasteiger partial charge on any atom is -0.360 e.